The fourth-order valence-corrected chi connectivity index (χ4v) is 4.38. The van der Waals surface area contributed by atoms with E-state index >= 15 is 0 Å². The molecule has 2 amide bonds. The van der Waals surface area contributed by atoms with Crippen molar-refractivity contribution in [3.63, 3.8) is 0 Å². The van der Waals surface area contributed by atoms with E-state index in [4.69, 9.17) is 0 Å². The highest BCUT2D eigenvalue weighted by molar-refractivity contribution is 5.94. The maximum absolute atomic E-state index is 12.6. The fraction of sp³-hybridized carbons (Fsp3) is 0.160. The molecule has 2 aliphatic heterocycles. The van der Waals surface area contributed by atoms with Crippen LogP contribution in [0.25, 0.3) is 16.6 Å². The molecular weight excluding hydrogens is 428 g/mol. The van der Waals surface area contributed by atoms with E-state index in [0.29, 0.717) is 18.8 Å². The van der Waals surface area contributed by atoms with Crippen molar-refractivity contribution in [2.45, 2.75) is 13.0 Å². The van der Waals surface area contributed by atoms with E-state index in [0.717, 1.165) is 46.8 Å². The molecule has 6 rings (SSSR count). The highest BCUT2D eigenvalue weighted by Crippen LogP contribution is 2.32. The number of aromatic amines is 1. The van der Waals surface area contributed by atoms with Gasteiger partial charge in [0.2, 0.25) is 0 Å². The van der Waals surface area contributed by atoms with Crippen LogP contribution in [0, 0.1) is 0 Å². The first-order valence-electron chi connectivity index (χ1n) is 11.2. The molecule has 0 fully saturated rings. The molecule has 4 aromatic rings. The SMILES string of the molecule is O=C(Nc1cccnc1)N1CC=C(c2cc3c(Nc4ccc5c(c4)CNN5)ccnc3[nH]2)CC1. The van der Waals surface area contributed by atoms with Gasteiger partial charge in [-0.1, -0.05) is 6.08 Å². The van der Waals surface area contributed by atoms with Crippen molar-refractivity contribution in [1.82, 2.24) is 25.3 Å². The minimum Gasteiger partial charge on any atom is -0.355 e. The van der Waals surface area contributed by atoms with E-state index in [-0.39, 0.29) is 6.03 Å². The Morgan fingerprint density at radius 1 is 1.09 bits per heavy atom. The number of anilines is 4. The lowest BCUT2D eigenvalue weighted by atomic mass is 10.0. The van der Waals surface area contributed by atoms with Gasteiger partial charge in [0.05, 0.1) is 23.3 Å². The molecule has 170 valence electrons. The zero-order valence-corrected chi connectivity index (χ0v) is 18.4. The minimum atomic E-state index is -0.118. The topological polar surface area (TPSA) is 110 Å². The summed E-state index contributed by atoms with van der Waals surface area (Å²) in [6.07, 6.45) is 8.00. The highest BCUT2D eigenvalue weighted by Gasteiger charge is 2.20. The average molecular weight is 453 g/mol. The molecule has 0 spiro atoms. The molecule has 2 aliphatic rings. The molecule has 1 aromatic carbocycles. The smallest absolute Gasteiger partial charge is 0.322 e. The Kier molecular flexibility index (Phi) is 5.08. The molecule has 5 heterocycles. The second-order valence-corrected chi connectivity index (χ2v) is 8.38. The number of urea groups is 1. The Morgan fingerprint density at radius 3 is 2.91 bits per heavy atom. The number of H-pyrrole nitrogens is 1. The number of aromatic nitrogens is 3. The van der Waals surface area contributed by atoms with Gasteiger partial charge in [0.25, 0.3) is 0 Å². The van der Waals surface area contributed by atoms with Crippen molar-refractivity contribution < 1.29 is 4.79 Å². The summed E-state index contributed by atoms with van der Waals surface area (Å²) in [7, 11) is 0. The Hall–Kier alpha value is -4.37. The number of fused-ring (bicyclic) bond motifs is 2. The van der Waals surface area contributed by atoms with Crippen LogP contribution in [-0.4, -0.2) is 39.0 Å². The lowest BCUT2D eigenvalue weighted by Gasteiger charge is -2.26. The number of carbonyl (C=O) groups is 1. The Morgan fingerprint density at radius 2 is 2.06 bits per heavy atom. The molecule has 0 saturated carbocycles. The number of pyridine rings is 2. The summed E-state index contributed by atoms with van der Waals surface area (Å²) in [5, 5.41) is 7.47. The van der Waals surface area contributed by atoms with E-state index in [1.165, 1.54) is 11.1 Å². The minimum absolute atomic E-state index is 0.118. The summed E-state index contributed by atoms with van der Waals surface area (Å²) >= 11 is 0. The summed E-state index contributed by atoms with van der Waals surface area (Å²) < 4.78 is 0. The summed E-state index contributed by atoms with van der Waals surface area (Å²) in [5.74, 6) is 0. The van der Waals surface area contributed by atoms with Crippen LogP contribution in [0.5, 0.6) is 0 Å². The summed E-state index contributed by atoms with van der Waals surface area (Å²) in [5.41, 5.74) is 14.4. The number of nitrogens with one attached hydrogen (secondary N) is 5. The number of carbonyl (C=O) groups excluding carboxylic acids is 1. The van der Waals surface area contributed by atoms with Crippen molar-refractivity contribution in [3.05, 3.63) is 78.4 Å². The van der Waals surface area contributed by atoms with Crippen LogP contribution in [0.1, 0.15) is 17.7 Å². The monoisotopic (exact) mass is 452 g/mol. The number of benzene rings is 1. The summed E-state index contributed by atoms with van der Waals surface area (Å²) in [4.78, 5) is 26.4. The molecule has 0 unspecified atom stereocenters. The van der Waals surface area contributed by atoms with Crippen LogP contribution in [0.4, 0.5) is 27.5 Å². The fourth-order valence-electron chi connectivity index (χ4n) is 4.38. The van der Waals surface area contributed by atoms with Crippen LogP contribution >= 0.6 is 0 Å². The maximum Gasteiger partial charge on any atom is 0.322 e. The van der Waals surface area contributed by atoms with Crippen molar-refractivity contribution in [3.8, 4) is 0 Å². The molecule has 9 nitrogen and oxygen atoms in total. The number of hydrogen-bond donors (Lipinski definition) is 5. The molecule has 0 aliphatic carbocycles. The third-order valence-corrected chi connectivity index (χ3v) is 6.17. The average Bonchev–Trinajstić information content (AvgIpc) is 3.52. The maximum atomic E-state index is 12.6. The van der Waals surface area contributed by atoms with Crippen LogP contribution in [0.15, 0.2) is 67.1 Å². The highest BCUT2D eigenvalue weighted by atomic mass is 16.2. The first-order valence-corrected chi connectivity index (χ1v) is 11.2. The molecule has 9 heteroatoms. The second-order valence-electron chi connectivity index (χ2n) is 8.38. The Bertz CT molecular complexity index is 1390. The Balaban J connectivity index is 1.19. The number of nitrogens with zero attached hydrogens (tertiary/aromatic N) is 3. The lowest BCUT2D eigenvalue weighted by Crippen LogP contribution is -2.37. The van der Waals surface area contributed by atoms with E-state index < -0.39 is 0 Å². The van der Waals surface area contributed by atoms with Gasteiger partial charge in [0.15, 0.2) is 0 Å². The van der Waals surface area contributed by atoms with Gasteiger partial charge < -0.3 is 25.9 Å². The standard InChI is InChI=1S/C25H24N8O/c34-25(30-19-2-1-8-26-15-19)33-10-6-16(7-11-33)23-13-20-22(5-9-27-24(20)31-23)29-18-3-4-21-17(12-18)14-28-32-21/h1-6,8-9,12-13,15,28,32H,7,10-11,14H2,(H,30,34)(H2,27,29,31). The van der Waals surface area contributed by atoms with E-state index in [1.54, 1.807) is 29.6 Å². The van der Waals surface area contributed by atoms with Gasteiger partial charge in [-0.15, -0.1) is 0 Å². The zero-order chi connectivity index (χ0) is 22.9. The quantitative estimate of drug-likeness (QED) is 0.313. The van der Waals surface area contributed by atoms with Crippen LogP contribution in [0.2, 0.25) is 0 Å². The van der Waals surface area contributed by atoms with Gasteiger partial charge in [-0.05, 0) is 60.0 Å². The molecule has 3 aromatic heterocycles. The van der Waals surface area contributed by atoms with E-state index in [2.05, 4.69) is 66.8 Å². The number of amides is 2. The molecule has 0 atom stereocenters. The van der Waals surface area contributed by atoms with Crippen molar-refractivity contribution >= 4 is 45.4 Å². The van der Waals surface area contributed by atoms with Gasteiger partial charge in [0.1, 0.15) is 5.65 Å². The van der Waals surface area contributed by atoms with Crippen LogP contribution in [-0.2, 0) is 6.54 Å². The number of hydrogen-bond acceptors (Lipinski definition) is 6. The van der Waals surface area contributed by atoms with Crippen molar-refractivity contribution in [1.29, 1.82) is 0 Å². The van der Waals surface area contributed by atoms with E-state index in [9.17, 15) is 4.79 Å². The summed E-state index contributed by atoms with van der Waals surface area (Å²) in [6, 6.07) is 13.9. The molecule has 5 N–H and O–H groups in total. The van der Waals surface area contributed by atoms with Gasteiger partial charge in [-0.2, -0.15) is 0 Å². The van der Waals surface area contributed by atoms with Crippen LogP contribution < -0.4 is 21.5 Å². The third kappa shape index (κ3) is 3.93. The van der Waals surface area contributed by atoms with Gasteiger partial charge in [-0.3, -0.25) is 4.98 Å². The second kappa shape index (κ2) is 8.53. The molecule has 0 bridgehead atoms. The van der Waals surface area contributed by atoms with Crippen LogP contribution in [0.3, 0.4) is 0 Å². The van der Waals surface area contributed by atoms with Crippen molar-refractivity contribution in [2.75, 3.05) is 29.1 Å². The largest absolute Gasteiger partial charge is 0.355 e. The first-order chi connectivity index (χ1) is 16.7. The molecule has 34 heavy (non-hydrogen) atoms. The number of rotatable bonds is 4. The lowest BCUT2D eigenvalue weighted by molar-refractivity contribution is 0.217. The zero-order valence-electron chi connectivity index (χ0n) is 18.4. The predicted octanol–water partition coefficient (Wildman–Crippen LogP) is 4.45. The molecule has 0 saturated heterocycles. The Labute approximate surface area is 196 Å². The normalized spacial score (nSPS) is 14.9. The van der Waals surface area contributed by atoms with E-state index in [1.807, 2.05) is 12.1 Å². The third-order valence-electron chi connectivity index (χ3n) is 6.17. The van der Waals surface area contributed by atoms with Gasteiger partial charge in [-0.25, -0.2) is 15.2 Å². The van der Waals surface area contributed by atoms with Gasteiger partial charge in [0, 0.05) is 48.8 Å². The molecular formula is C25H24N8O. The van der Waals surface area contributed by atoms with Gasteiger partial charge >= 0.3 is 6.03 Å². The predicted molar refractivity (Wildman–Crippen MR) is 134 cm³/mol. The summed E-state index contributed by atoms with van der Waals surface area (Å²) in [6.45, 7) is 1.99. The van der Waals surface area contributed by atoms with Crippen molar-refractivity contribution in [2.24, 2.45) is 0 Å². The molecule has 0 radical (unpaired) electrons. The number of hydrazine groups is 1. The first kappa shape index (κ1) is 20.3.